The molecule has 0 bridgehead atoms. The molecule has 0 unspecified atom stereocenters. The predicted molar refractivity (Wildman–Crippen MR) is 111 cm³/mol. The van der Waals surface area contributed by atoms with Crippen molar-refractivity contribution in [2.75, 3.05) is 43.4 Å². The maximum absolute atomic E-state index is 6.22. The summed E-state index contributed by atoms with van der Waals surface area (Å²) in [6, 6.07) is 10.2. The summed E-state index contributed by atoms with van der Waals surface area (Å²) < 4.78 is 1.84. The Morgan fingerprint density at radius 1 is 1.15 bits per heavy atom. The minimum absolute atomic E-state index is 0.670. The first kappa shape index (κ1) is 18.5. The molecule has 0 amide bonds. The molecule has 142 valence electrons. The summed E-state index contributed by atoms with van der Waals surface area (Å²) in [4.78, 5) is 14.7. The summed E-state index contributed by atoms with van der Waals surface area (Å²) in [5.74, 6) is 2.85. The average molecular weight is 403 g/mol. The third-order valence-corrected chi connectivity index (χ3v) is 6.37. The fourth-order valence-corrected chi connectivity index (χ4v) is 4.54. The number of fused-ring (bicyclic) bond motifs is 1. The summed E-state index contributed by atoms with van der Waals surface area (Å²) in [7, 11) is 0. The lowest BCUT2D eigenvalue weighted by Gasteiger charge is -2.35. The maximum Gasteiger partial charge on any atom is 0.254 e. The molecule has 0 saturated carbocycles. The van der Waals surface area contributed by atoms with Gasteiger partial charge in [-0.3, -0.25) is 4.90 Å². The van der Waals surface area contributed by atoms with Crippen molar-refractivity contribution in [3.63, 3.8) is 0 Å². The van der Waals surface area contributed by atoms with Gasteiger partial charge in [0.1, 0.15) is 12.1 Å². The van der Waals surface area contributed by atoms with E-state index in [0.29, 0.717) is 5.78 Å². The molecule has 8 heteroatoms. The molecule has 1 aliphatic heterocycles. The second-order valence-corrected chi connectivity index (χ2v) is 8.23. The van der Waals surface area contributed by atoms with Crippen molar-refractivity contribution < 1.29 is 0 Å². The SMILES string of the molecule is Cc1cc(N2CCN(CCCSc3ccccc3Cl)CC2)n2ncnc2n1. The third kappa shape index (κ3) is 4.36. The van der Waals surface area contributed by atoms with Crippen molar-refractivity contribution in [3.8, 4) is 0 Å². The Kier molecular flexibility index (Phi) is 5.80. The highest BCUT2D eigenvalue weighted by molar-refractivity contribution is 7.99. The third-order valence-electron chi connectivity index (χ3n) is 4.77. The fraction of sp³-hybridized carbons (Fsp3) is 0.421. The number of nitrogens with zero attached hydrogens (tertiary/aromatic N) is 6. The number of hydrogen-bond acceptors (Lipinski definition) is 6. The molecule has 0 aliphatic carbocycles. The van der Waals surface area contributed by atoms with Crippen molar-refractivity contribution in [1.82, 2.24) is 24.5 Å². The summed E-state index contributed by atoms with van der Waals surface area (Å²) in [6.07, 6.45) is 2.73. The van der Waals surface area contributed by atoms with Crippen LogP contribution in [0.5, 0.6) is 0 Å². The molecule has 0 atom stereocenters. The molecule has 1 fully saturated rings. The van der Waals surface area contributed by atoms with Crippen LogP contribution in [0.3, 0.4) is 0 Å². The van der Waals surface area contributed by atoms with Crippen molar-refractivity contribution in [1.29, 1.82) is 0 Å². The van der Waals surface area contributed by atoms with Crippen LogP contribution in [-0.2, 0) is 0 Å². The van der Waals surface area contributed by atoms with Gasteiger partial charge in [0.05, 0.1) is 5.02 Å². The van der Waals surface area contributed by atoms with Gasteiger partial charge in [0, 0.05) is 42.8 Å². The lowest BCUT2D eigenvalue weighted by molar-refractivity contribution is 0.258. The van der Waals surface area contributed by atoms with Gasteiger partial charge in [0.15, 0.2) is 0 Å². The molecule has 27 heavy (non-hydrogen) atoms. The van der Waals surface area contributed by atoms with Crippen LogP contribution >= 0.6 is 23.4 Å². The first-order valence-corrected chi connectivity index (χ1v) is 10.6. The Labute approximate surface area is 168 Å². The van der Waals surface area contributed by atoms with Crippen LogP contribution in [-0.4, -0.2) is 63.0 Å². The first-order chi connectivity index (χ1) is 13.2. The zero-order valence-electron chi connectivity index (χ0n) is 15.4. The summed E-state index contributed by atoms with van der Waals surface area (Å²) in [6.45, 7) is 7.25. The van der Waals surface area contributed by atoms with Crippen LogP contribution in [0.15, 0.2) is 41.6 Å². The zero-order valence-corrected chi connectivity index (χ0v) is 17.0. The predicted octanol–water partition coefficient (Wildman–Crippen LogP) is 3.39. The number of anilines is 1. The Bertz CT molecular complexity index is 906. The Balaban J connectivity index is 1.27. The highest BCUT2D eigenvalue weighted by Gasteiger charge is 2.20. The Morgan fingerprint density at radius 3 is 2.78 bits per heavy atom. The first-order valence-electron chi connectivity index (χ1n) is 9.23. The molecule has 0 spiro atoms. The van der Waals surface area contributed by atoms with Crippen LogP contribution in [0.4, 0.5) is 5.82 Å². The zero-order chi connectivity index (χ0) is 18.6. The normalized spacial score (nSPS) is 15.6. The lowest BCUT2D eigenvalue weighted by atomic mass is 10.3. The van der Waals surface area contributed by atoms with Gasteiger partial charge in [0.2, 0.25) is 0 Å². The second-order valence-electron chi connectivity index (χ2n) is 6.69. The topological polar surface area (TPSA) is 49.6 Å². The van der Waals surface area contributed by atoms with Crippen molar-refractivity contribution in [2.24, 2.45) is 0 Å². The second kappa shape index (κ2) is 8.46. The van der Waals surface area contributed by atoms with Gasteiger partial charge in [-0.15, -0.1) is 11.8 Å². The molecule has 4 rings (SSSR count). The molecule has 1 saturated heterocycles. The Morgan fingerprint density at radius 2 is 1.96 bits per heavy atom. The quantitative estimate of drug-likeness (QED) is 0.465. The molecule has 6 nitrogen and oxygen atoms in total. The van der Waals surface area contributed by atoms with E-state index in [4.69, 9.17) is 11.6 Å². The smallest absolute Gasteiger partial charge is 0.254 e. The molecular weight excluding hydrogens is 380 g/mol. The largest absolute Gasteiger partial charge is 0.354 e. The summed E-state index contributed by atoms with van der Waals surface area (Å²) in [5.41, 5.74) is 0.976. The van der Waals surface area contributed by atoms with E-state index in [-0.39, 0.29) is 0 Å². The van der Waals surface area contributed by atoms with Crippen LogP contribution < -0.4 is 4.90 Å². The standard InChI is InChI=1S/C19H23ClN6S/c1-15-13-18(26-19(23-15)21-14-22-26)25-10-8-24(9-11-25)7-4-12-27-17-6-3-2-5-16(17)20/h2-3,5-6,13-14H,4,7-12H2,1H3. The van der Waals surface area contributed by atoms with E-state index in [1.807, 2.05) is 41.4 Å². The highest BCUT2D eigenvalue weighted by Crippen LogP contribution is 2.27. The van der Waals surface area contributed by atoms with Gasteiger partial charge in [-0.2, -0.15) is 14.6 Å². The van der Waals surface area contributed by atoms with E-state index in [9.17, 15) is 0 Å². The van der Waals surface area contributed by atoms with Crippen molar-refractivity contribution in [3.05, 3.63) is 47.4 Å². The monoisotopic (exact) mass is 402 g/mol. The van der Waals surface area contributed by atoms with E-state index in [2.05, 4.69) is 37.0 Å². The van der Waals surface area contributed by atoms with E-state index < -0.39 is 0 Å². The van der Waals surface area contributed by atoms with Gasteiger partial charge < -0.3 is 4.90 Å². The van der Waals surface area contributed by atoms with Gasteiger partial charge in [-0.1, -0.05) is 23.7 Å². The van der Waals surface area contributed by atoms with Gasteiger partial charge in [-0.25, -0.2) is 4.98 Å². The number of aromatic nitrogens is 4. The molecule has 3 heterocycles. The minimum atomic E-state index is 0.670. The molecule has 2 aromatic heterocycles. The molecule has 1 aliphatic rings. The van der Waals surface area contributed by atoms with Crippen LogP contribution in [0.1, 0.15) is 12.1 Å². The number of aryl methyl sites for hydroxylation is 1. The lowest BCUT2D eigenvalue weighted by Crippen LogP contribution is -2.47. The van der Waals surface area contributed by atoms with Crippen molar-refractivity contribution >= 4 is 35.0 Å². The molecule has 0 radical (unpaired) electrons. The molecule has 0 N–H and O–H groups in total. The van der Waals surface area contributed by atoms with E-state index in [1.54, 1.807) is 6.33 Å². The van der Waals surface area contributed by atoms with Crippen molar-refractivity contribution in [2.45, 2.75) is 18.2 Å². The summed E-state index contributed by atoms with van der Waals surface area (Å²) >= 11 is 8.06. The van der Waals surface area contributed by atoms with E-state index in [1.165, 1.54) is 4.90 Å². The molecule has 3 aromatic rings. The molecular formula is C19H23ClN6S. The molecule has 1 aromatic carbocycles. The average Bonchev–Trinajstić information content (AvgIpc) is 3.15. The number of piperazine rings is 1. The van der Waals surface area contributed by atoms with Gasteiger partial charge in [-0.05, 0) is 37.8 Å². The summed E-state index contributed by atoms with van der Waals surface area (Å²) in [5, 5.41) is 5.17. The van der Waals surface area contributed by atoms with E-state index >= 15 is 0 Å². The van der Waals surface area contributed by atoms with Crippen LogP contribution in [0.2, 0.25) is 5.02 Å². The Hall–Kier alpha value is -1.83. The highest BCUT2D eigenvalue weighted by atomic mass is 35.5. The van der Waals surface area contributed by atoms with Gasteiger partial charge in [0.25, 0.3) is 5.78 Å². The van der Waals surface area contributed by atoms with Crippen LogP contribution in [0, 0.1) is 6.92 Å². The minimum Gasteiger partial charge on any atom is -0.354 e. The fourth-order valence-electron chi connectivity index (χ4n) is 3.37. The number of halogens is 1. The number of rotatable bonds is 6. The van der Waals surface area contributed by atoms with Crippen LogP contribution in [0.25, 0.3) is 5.78 Å². The number of benzene rings is 1. The number of thioether (sulfide) groups is 1. The maximum atomic E-state index is 6.22. The van der Waals surface area contributed by atoms with Gasteiger partial charge >= 0.3 is 0 Å². The van der Waals surface area contributed by atoms with E-state index in [0.717, 1.165) is 61.4 Å². The number of hydrogen-bond donors (Lipinski definition) is 0.